The van der Waals surface area contributed by atoms with E-state index in [-0.39, 0.29) is 15.5 Å². The number of thiophene rings is 1. The van der Waals surface area contributed by atoms with Crippen LogP contribution in [0.25, 0.3) is 0 Å². The second-order valence-corrected chi connectivity index (χ2v) is 10.7. The number of carboxylic acids is 2. The molecule has 2 aromatic heterocycles. The van der Waals surface area contributed by atoms with E-state index in [4.69, 9.17) is 9.90 Å². The summed E-state index contributed by atoms with van der Waals surface area (Å²) in [7, 11) is -3.80. The van der Waals surface area contributed by atoms with Gasteiger partial charge in [-0.15, -0.1) is 11.3 Å². The molecule has 0 aliphatic heterocycles. The van der Waals surface area contributed by atoms with Crippen molar-refractivity contribution in [3.8, 4) is 0 Å². The second-order valence-electron chi connectivity index (χ2n) is 6.35. The van der Waals surface area contributed by atoms with Crippen LogP contribution in [0.3, 0.4) is 0 Å². The fourth-order valence-electron chi connectivity index (χ4n) is 2.43. The number of alkyl halides is 3. The van der Waals surface area contributed by atoms with Crippen LogP contribution in [0.15, 0.2) is 32.4 Å². The predicted octanol–water partition coefficient (Wildman–Crippen LogP) is 4.66. The van der Waals surface area contributed by atoms with Crippen LogP contribution in [-0.4, -0.2) is 54.8 Å². The summed E-state index contributed by atoms with van der Waals surface area (Å²) >= 11 is 4.29. The summed E-state index contributed by atoms with van der Waals surface area (Å²) in [5, 5.41) is 16.7. The van der Waals surface area contributed by atoms with Gasteiger partial charge in [-0.2, -0.15) is 13.2 Å². The number of sulfonamides is 1. The van der Waals surface area contributed by atoms with E-state index in [2.05, 4.69) is 25.6 Å². The maximum absolute atomic E-state index is 12.4. The molecule has 0 aromatic carbocycles. The van der Waals surface area contributed by atoms with E-state index in [1.165, 1.54) is 18.3 Å². The lowest BCUT2D eigenvalue weighted by molar-refractivity contribution is -0.192. The van der Waals surface area contributed by atoms with E-state index in [0.29, 0.717) is 22.7 Å². The zero-order valence-electron chi connectivity index (χ0n) is 17.4. The molecule has 0 spiro atoms. The van der Waals surface area contributed by atoms with Gasteiger partial charge in [0.05, 0.1) is 15.7 Å². The van der Waals surface area contributed by atoms with E-state index < -0.39 is 28.1 Å². The Morgan fingerprint density at radius 1 is 1.18 bits per heavy atom. The molecular weight excluding hydrogens is 555 g/mol. The Morgan fingerprint density at radius 3 is 2.12 bits per heavy atom. The quantitative estimate of drug-likeness (QED) is 0.392. The summed E-state index contributed by atoms with van der Waals surface area (Å²) in [5.41, 5.74) is 0.0862. The third-order valence-electron chi connectivity index (χ3n) is 3.69. The standard InChI is InChI=1S/C16H20BrN3O4S2.C2HF3O2/c1-3-7-20(8-4-2)15-12(16(21)22)9-11(10-18-15)19-26(23,24)14-6-5-13(17)25-14;3-2(4,5)1(6)7/h5-6,9-10,19H,3-4,7-8H2,1-2H3,(H,21,22);(H,6,7). The minimum Gasteiger partial charge on any atom is -0.478 e. The summed E-state index contributed by atoms with van der Waals surface area (Å²) in [5.74, 6) is -3.56. The number of anilines is 2. The Labute approximate surface area is 200 Å². The molecule has 33 heavy (non-hydrogen) atoms. The number of carbonyl (C=O) groups is 2. The fourth-order valence-corrected chi connectivity index (χ4v) is 5.48. The molecule has 0 saturated heterocycles. The third-order valence-corrected chi connectivity index (χ3v) is 7.19. The molecule has 0 amide bonds. The third kappa shape index (κ3) is 8.81. The van der Waals surface area contributed by atoms with Crippen LogP contribution in [-0.2, 0) is 14.8 Å². The number of hydrogen-bond acceptors (Lipinski definition) is 7. The number of hydrogen-bond donors (Lipinski definition) is 3. The number of halogens is 4. The van der Waals surface area contributed by atoms with Crippen LogP contribution in [0.4, 0.5) is 24.7 Å². The van der Waals surface area contributed by atoms with Crippen molar-refractivity contribution in [1.29, 1.82) is 0 Å². The van der Waals surface area contributed by atoms with Crippen LogP contribution >= 0.6 is 27.3 Å². The molecule has 2 rings (SSSR count). The molecule has 0 aliphatic carbocycles. The van der Waals surface area contributed by atoms with Gasteiger partial charge in [0.2, 0.25) is 0 Å². The maximum Gasteiger partial charge on any atom is 0.490 e. The van der Waals surface area contributed by atoms with Gasteiger partial charge >= 0.3 is 18.1 Å². The molecule has 0 atom stereocenters. The number of carboxylic acid groups (broad SMARTS) is 2. The Hall–Kier alpha value is -2.39. The fraction of sp³-hybridized carbons (Fsp3) is 0.389. The minimum atomic E-state index is -5.08. The van der Waals surface area contributed by atoms with Gasteiger partial charge in [0, 0.05) is 13.1 Å². The van der Waals surface area contributed by atoms with Crippen molar-refractivity contribution >= 4 is 60.7 Å². The first kappa shape index (κ1) is 28.6. The number of aromatic nitrogens is 1. The van der Waals surface area contributed by atoms with Crippen molar-refractivity contribution in [2.24, 2.45) is 0 Å². The number of rotatable bonds is 9. The molecule has 0 unspecified atom stereocenters. The van der Waals surface area contributed by atoms with Crippen LogP contribution in [0.2, 0.25) is 0 Å². The molecule has 0 bridgehead atoms. The maximum atomic E-state index is 12.4. The van der Waals surface area contributed by atoms with Crippen molar-refractivity contribution in [2.75, 3.05) is 22.7 Å². The summed E-state index contributed by atoms with van der Waals surface area (Å²) in [4.78, 5) is 26.7. The molecule has 2 aromatic rings. The lowest BCUT2D eigenvalue weighted by Gasteiger charge is -2.24. The number of nitrogens with one attached hydrogen (secondary N) is 1. The lowest BCUT2D eigenvalue weighted by Crippen LogP contribution is -2.28. The van der Waals surface area contributed by atoms with E-state index in [0.717, 1.165) is 24.2 Å². The molecule has 0 radical (unpaired) electrons. The number of aliphatic carboxylic acids is 1. The van der Waals surface area contributed by atoms with Gasteiger partial charge in [-0.25, -0.2) is 23.0 Å². The average molecular weight is 576 g/mol. The largest absolute Gasteiger partial charge is 0.490 e. The first-order valence-electron chi connectivity index (χ1n) is 9.29. The first-order valence-corrected chi connectivity index (χ1v) is 12.4. The molecule has 184 valence electrons. The highest BCUT2D eigenvalue weighted by atomic mass is 79.9. The molecule has 2 heterocycles. The predicted molar refractivity (Wildman–Crippen MR) is 121 cm³/mol. The lowest BCUT2D eigenvalue weighted by atomic mass is 10.2. The number of aromatic carboxylic acids is 1. The molecule has 0 saturated carbocycles. The first-order chi connectivity index (χ1) is 15.2. The zero-order valence-corrected chi connectivity index (χ0v) is 20.6. The van der Waals surface area contributed by atoms with E-state index in [1.807, 2.05) is 18.7 Å². The molecular formula is C18H21BrF3N3O6S2. The van der Waals surface area contributed by atoms with Gasteiger partial charge < -0.3 is 15.1 Å². The van der Waals surface area contributed by atoms with Crippen molar-refractivity contribution in [3.05, 3.63) is 33.7 Å². The topological polar surface area (TPSA) is 137 Å². The van der Waals surface area contributed by atoms with Crippen molar-refractivity contribution in [1.82, 2.24) is 4.98 Å². The summed E-state index contributed by atoms with van der Waals surface area (Å²) in [6, 6.07) is 4.42. The van der Waals surface area contributed by atoms with Crippen molar-refractivity contribution in [2.45, 2.75) is 37.1 Å². The van der Waals surface area contributed by atoms with Gasteiger partial charge in [0.1, 0.15) is 15.6 Å². The highest BCUT2D eigenvalue weighted by molar-refractivity contribution is 9.11. The van der Waals surface area contributed by atoms with E-state index in [1.54, 1.807) is 6.07 Å². The summed E-state index contributed by atoms with van der Waals surface area (Å²) < 4.78 is 59.8. The van der Waals surface area contributed by atoms with Gasteiger partial charge in [-0.05, 0) is 47.0 Å². The average Bonchev–Trinajstić information content (AvgIpc) is 3.14. The Morgan fingerprint density at radius 2 is 1.73 bits per heavy atom. The van der Waals surface area contributed by atoms with Gasteiger partial charge in [0.25, 0.3) is 10.0 Å². The van der Waals surface area contributed by atoms with Crippen molar-refractivity contribution in [3.63, 3.8) is 0 Å². The van der Waals surface area contributed by atoms with Crippen LogP contribution in [0.5, 0.6) is 0 Å². The zero-order chi connectivity index (χ0) is 25.4. The van der Waals surface area contributed by atoms with E-state index >= 15 is 0 Å². The van der Waals surface area contributed by atoms with Crippen LogP contribution < -0.4 is 9.62 Å². The summed E-state index contributed by atoms with van der Waals surface area (Å²) in [6.45, 7) is 5.36. The number of pyridine rings is 1. The smallest absolute Gasteiger partial charge is 0.478 e. The minimum absolute atomic E-state index is 0.0283. The number of nitrogens with zero attached hydrogens (tertiary/aromatic N) is 2. The SMILES string of the molecule is CCCN(CCC)c1ncc(NS(=O)(=O)c2ccc(Br)s2)cc1C(=O)O.O=C(O)C(F)(F)F. The van der Waals surface area contributed by atoms with E-state index in [9.17, 15) is 31.5 Å². The summed E-state index contributed by atoms with van der Waals surface area (Å²) in [6.07, 6.45) is -2.04. The Bertz CT molecular complexity index is 1070. The second kappa shape index (κ2) is 12.2. The van der Waals surface area contributed by atoms with Gasteiger partial charge in [0.15, 0.2) is 0 Å². The molecule has 0 aliphatic rings. The molecule has 3 N–H and O–H groups in total. The Kier molecular flexibility index (Phi) is 10.6. The van der Waals surface area contributed by atoms with Crippen LogP contribution in [0, 0.1) is 0 Å². The highest BCUT2D eigenvalue weighted by Crippen LogP contribution is 2.29. The Balaban J connectivity index is 0.000000675. The van der Waals surface area contributed by atoms with Crippen LogP contribution in [0.1, 0.15) is 37.0 Å². The molecule has 0 fully saturated rings. The molecule has 9 nitrogen and oxygen atoms in total. The molecule has 15 heteroatoms. The van der Waals surface area contributed by atoms with Gasteiger partial charge in [-0.1, -0.05) is 13.8 Å². The normalized spacial score (nSPS) is 11.3. The van der Waals surface area contributed by atoms with Gasteiger partial charge in [-0.3, -0.25) is 4.72 Å². The highest BCUT2D eigenvalue weighted by Gasteiger charge is 2.38. The van der Waals surface area contributed by atoms with Crippen molar-refractivity contribution < 1.29 is 41.4 Å². The monoisotopic (exact) mass is 575 g/mol.